The maximum absolute atomic E-state index is 12.0. The van der Waals surface area contributed by atoms with Crippen molar-refractivity contribution in [3.05, 3.63) is 12.3 Å². The van der Waals surface area contributed by atoms with E-state index in [0.717, 1.165) is 0 Å². The highest BCUT2D eigenvalue weighted by Gasteiger charge is 2.60. The molecule has 1 unspecified atom stereocenters. The van der Waals surface area contributed by atoms with Crippen LogP contribution in [0.1, 0.15) is 33.9 Å². The number of esters is 3. The second-order valence-corrected chi connectivity index (χ2v) is 7.97. The molecular weight excluding hydrogens is 428 g/mol. The smallest absolute Gasteiger partial charge is 0.303 e. The molecule has 1 aliphatic rings. The zero-order valence-corrected chi connectivity index (χ0v) is 18.6. The second kappa shape index (κ2) is 8.71. The van der Waals surface area contributed by atoms with Crippen LogP contribution in [-0.4, -0.2) is 63.1 Å². The van der Waals surface area contributed by atoms with Crippen LogP contribution < -0.4 is 5.73 Å². The molecule has 0 spiro atoms. The van der Waals surface area contributed by atoms with Gasteiger partial charge in [0.05, 0.1) is 5.39 Å². The molecule has 4 atom stereocenters. The molecule has 3 rings (SSSR count). The number of rotatable bonds is 6. The molecule has 0 amide bonds. The quantitative estimate of drug-likeness (QED) is 0.294. The third-order valence-electron chi connectivity index (χ3n) is 4.82. The zero-order chi connectivity index (χ0) is 22.9. The third kappa shape index (κ3) is 4.44. The van der Waals surface area contributed by atoms with Gasteiger partial charge in [-0.15, -0.1) is 0 Å². The van der Waals surface area contributed by atoms with Gasteiger partial charge >= 0.3 is 17.9 Å². The van der Waals surface area contributed by atoms with Gasteiger partial charge < -0.3 is 29.2 Å². The van der Waals surface area contributed by atoms with Crippen LogP contribution in [0.2, 0.25) is 0 Å². The topological polar surface area (TPSA) is 145 Å². The van der Waals surface area contributed by atoms with Gasteiger partial charge in [-0.2, -0.15) is 0 Å². The average Bonchev–Trinajstić information content (AvgIpc) is 3.19. The Bertz CT molecular complexity index is 1030. The summed E-state index contributed by atoms with van der Waals surface area (Å²) in [5.41, 5.74) is 5.07. The number of aromatic nitrogens is 3. The van der Waals surface area contributed by atoms with E-state index in [2.05, 4.69) is 9.97 Å². The SMILES string of the molecule is CSc1nc(N)c2ccn(C3O[C@H](COC(C)=O)[C@@H](OC(C)=O)[C@@]3(C)OC(C)=O)c2n1. The number of thioether (sulfide) groups is 1. The Morgan fingerprint density at radius 2 is 1.94 bits per heavy atom. The van der Waals surface area contributed by atoms with Crippen molar-refractivity contribution in [2.24, 2.45) is 0 Å². The van der Waals surface area contributed by atoms with E-state index < -0.39 is 41.9 Å². The first kappa shape index (κ1) is 22.8. The van der Waals surface area contributed by atoms with Crippen molar-refractivity contribution in [3.63, 3.8) is 0 Å². The minimum atomic E-state index is -1.45. The Hall–Kier alpha value is -2.86. The van der Waals surface area contributed by atoms with Gasteiger partial charge in [0.15, 0.2) is 23.1 Å². The van der Waals surface area contributed by atoms with Gasteiger partial charge in [0.25, 0.3) is 0 Å². The second-order valence-electron chi connectivity index (χ2n) is 7.19. The predicted octanol–water partition coefficient (Wildman–Crippen LogP) is 1.45. The van der Waals surface area contributed by atoms with E-state index in [9.17, 15) is 14.4 Å². The molecule has 2 aromatic rings. The fourth-order valence-electron chi connectivity index (χ4n) is 3.66. The molecular formula is C19H24N4O7S. The molecule has 2 N–H and O–H groups in total. The number of hydrogen-bond acceptors (Lipinski definition) is 11. The zero-order valence-electron chi connectivity index (χ0n) is 17.8. The van der Waals surface area contributed by atoms with Crippen LogP contribution in [0, 0.1) is 0 Å². The lowest BCUT2D eigenvalue weighted by atomic mass is 9.95. The number of nitrogen functional groups attached to an aromatic ring is 1. The van der Waals surface area contributed by atoms with Crippen LogP contribution in [0.25, 0.3) is 11.0 Å². The van der Waals surface area contributed by atoms with Crippen molar-refractivity contribution >= 4 is 46.5 Å². The molecule has 0 saturated carbocycles. The van der Waals surface area contributed by atoms with E-state index in [1.54, 1.807) is 23.8 Å². The summed E-state index contributed by atoms with van der Waals surface area (Å²) in [5, 5.41) is 1.03. The Morgan fingerprint density at radius 3 is 2.52 bits per heavy atom. The maximum atomic E-state index is 12.0. The van der Waals surface area contributed by atoms with Crippen LogP contribution in [0.5, 0.6) is 0 Å². The van der Waals surface area contributed by atoms with Crippen molar-refractivity contribution in [2.75, 3.05) is 18.6 Å². The molecule has 3 heterocycles. The summed E-state index contributed by atoms with van der Waals surface area (Å²) in [4.78, 5) is 43.9. The first-order chi connectivity index (χ1) is 14.6. The highest BCUT2D eigenvalue weighted by molar-refractivity contribution is 7.98. The summed E-state index contributed by atoms with van der Waals surface area (Å²) in [6.07, 6.45) is 0.594. The summed E-state index contributed by atoms with van der Waals surface area (Å²) < 4.78 is 24.0. The molecule has 0 aromatic carbocycles. The summed E-state index contributed by atoms with van der Waals surface area (Å²) in [7, 11) is 0. The van der Waals surface area contributed by atoms with Crippen molar-refractivity contribution in [2.45, 2.75) is 56.9 Å². The van der Waals surface area contributed by atoms with Crippen LogP contribution in [0.4, 0.5) is 5.82 Å². The lowest BCUT2D eigenvalue weighted by Gasteiger charge is -2.34. The first-order valence-electron chi connectivity index (χ1n) is 9.40. The number of fused-ring (bicyclic) bond motifs is 1. The maximum Gasteiger partial charge on any atom is 0.303 e. The number of hydrogen-bond donors (Lipinski definition) is 1. The van der Waals surface area contributed by atoms with Gasteiger partial charge in [0, 0.05) is 27.0 Å². The number of nitrogens with zero attached hydrogens (tertiary/aromatic N) is 3. The van der Waals surface area contributed by atoms with Crippen molar-refractivity contribution in [1.82, 2.24) is 14.5 Å². The van der Waals surface area contributed by atoms with E-state index in [1.165, 1.54) is 32.5 Å². The van der Waals surface area contributed by atoms with Crippen LogP contribution in [-0.2, 0) is 33.3 Å². The molecule has 0 radical (unpaired) electrons. The Morgan fingerprint density at radius 1 is 1.23 bits per heavy atom. The molecule has 1 aliphatic heterocycles. The standard InChI is InChI=1S/C19H24N4O7S/c1-9(24)27-8-13-14(28-10(2)25)19(4,30-11(3)26)17(29-13)23-7-6-12-15(20)21-18(31-5)22-16(12)23/h6-7,13-14,17H,8H2,1-5H3,(H2,20,21,22)/t13-,14-,17?,19-/m1/s1. The highest BCUT2D eigenvalue weighted by Crippen LogP contribution is 2.44. The predicted molar refractivity (Wildman–Crippen MR) is 110 cm³/mol. The molecule has 0 bridgehead atoms. The van der Waals surface area contributed by atoms with Crippen molar-refractivity contribution in [1.29, 1.82) is 0 Å². The minimum absolute atomic E-state index is 0.201. The monoisotopic (exact) mass is 452 g/mol. The average molecular weight is 452 g/mol. The van der Waals surface area contributed by atoms with Crippen LogP contribution in [0.3, 0.4) is 0 Å². The van der Waals surface area contributed by atoms with E-state index >= 15 is 0 Å². The molecule has 168 valence electrons. The summed E-state index contributed by atoms with van der Waals surface area (Å²) in [5.74, 6) is -1.45. The molecule has 12 heteroatoms. The van der Waals surface area contributed by atoms with E-state index in [1.807, 2.05) is 6.26 Å². The molecule has 11 nitrogen and oxygen atoms in total. The lowest BCUT2D eigenvalue weighted by Crippen LogP contribution is -2.50. The van der Waals surface area contributed by atoms with E-state index in [0.29, 0.717) is 16.2 Å². The first-order valence-corrected chi connectivity index (χ1v) is 10.6. The third-order valence-corrected chi connectivity index (χ3v) is 5.37. The Kier molecular flexibility index (Phi) is 6.41. The normalized spacial score (nSPS) is 25.4. The Labute approximate surface area is 182 Å². The molecule has 1 saturated heterocycles. The number of carbonyl (C=O) groups excluding carboxylic acids is 3. The molecule has 1 fully saturated rings. The van der Waals surface area contributed by atoms with Crippen LogP contribution >= 0.6 is 11.8 Å². The van der Waals surface area contributed by atoms with Gasteiger partial charge in [-0.1, -0.05) is 11.8 Å². The molecule has 31 heavy (non-hydrogen) atoms. The molecule has 2 aromatic heterocycles. The number of anilines is 1. The summed E-state index contributed by atoms with van der Waals surface area (Å²) >= 11 is 1.32. The fraction of sp³-hybridized carbons (Fsp3) is 0.526. The van der Waals surface area contributed by atoms with Crippen LogP contribution in [0.15, 0.2) is 17.4 Å². The largest absolute Gasteiger partial charge is 0.463 e. The number of nitrogens with two attached hydrogens (primary N) is 1. The Balaban J connectivity index is 2.13. The fourth-order valence-corrected chi connectivity index (χ4v) is 4.02. The number of ether oxygens (including phenoxy) is 4. The van der Waals surface area contributed by atoms with Gasteiger partial charge in [0.2, 0.25) is 0 Å². The van der Waals surface area contributed by atoms with Gasteiger partial charge in [-0.3, -0.25) is 14.4 Å². The lowest BCUT2D eigenvalue weighted by molar-refractivity contribution is -0.184. The number of carbonyl (C=O) groups is 3. The van der Waals surface area contributed by atoms with Gasteiger partial charge in [0.1, 0.15) is 24.2 Å². The highest BCUT2D eigenvalue weighted by atomic mass is 32.2. The summed E-state index contributed by atoms with van der Waals surface area (Å²) in [6.45, 7) is 5.11. The van der Waals surface area contributed by atoms with E-state index in [-0.39, 0.29) is 12.4 Å². The van der Waals surface area contributed by atoms with E-state index in [4.69, 9.17) is 24.7 Å². The minimum Gasteiger partial charge on any atom is -0.463 e. The van der Waals surface area contributed by atoms with Gasteiger partial charge in [-0.05, 0) is 19.2 Å². The van der Waals surface area contributed by atoms with Crippen molar-refractivity contribution < 1.29 is 33.3 Å². The summed E-state index contributed by atoms with van der Waals surface area (Å²) in [6, 6.07) is 1.71. The van der Waals surface area contributed by atoms with Crippen molar-refractivity contribution in [3.8, 4) is 0 Å². The molecule has 0 aliphatic carbocycles. The van der Waals surface area contributed by atoms with Gasteiger partial charge in [-0.25, -0.2) is 9.97 Å².